The summed E-state index contributed by atoms with van der Waals surface area (Å²) in [5.41, 5.74) is 2.76. The van der Waals surface area contributed by atoms with E-state index in [9.17, 15) is 9.59 Å². The number of anilines is 1. The van der Waals surface area contributed by atoms with Crippen LogP contribution in [-0.4, -0.2) is 57.8 Å². The highest BCUT2D eigenvalue weighted by Gasteiger charge is 2.24. The van der Waals surface area contributed by atoms with Crippen LogP contribution in [0.3, 0.4) is 0 Å². The Bertz CT molecular complexity index is 1370. The van der Waals surface area contributed by atoms with Crippen molar-refractivity contribution < 1.29 is 14.3 Å². The van der Waals surface area contributed by atoms with Crippen LogP contribution in [0, 0.1) is 5.92 Å². The molecule has 0 radical (unpaired) electrons. The Morgan fingerprint density at radius 3 is 2.86 bits per heavy atom. The third kappa shape index (κ3) is 5.38. The average molecular weight is 470 g/mol. The monoisotopic (exact) mass is 469 g/mol. The zero-order chi connectivity index (χ0) is 24.2. The molecule has 35 heavy (non-hydrogen) atoms. The standard InChI is InChI=1S/C27H27N5O3/c1-31-17-24(15-29-31)26(33)30-25-4-2-3-22(13-25)27(34)32-9-10-35-18-20(16-32)11-19-5-6-21-7-8-28-14-23(21)12-19/h2-8,12-15,17,20H,9-11,16,18H2,1H3,(H,30,33)/t20-/m0/s1. The minimum Gasteiger partial charge on any atom is -0.379 e. The molecule has 0 aliphatic carbocycles. The van der Waals surface area contributed by atoms with Gasteiger partial charge >= 0.3 is 0 Å². The van der Waals surface area contributed by atoms with Crippen LogP contribution in [0.25, 0.3) is 10.8 Å². The number of hydrogen-bond donors (Lipinski definition) is 1. The van der Waals surface area contributed by atoms with Gasteiger partial charge in [0.2, 0.25) is 0 Å². The Hall–Kier alpha value is -4.04. The first-order valence-corrected chi connectivity index (χ1v) is 11.6. The van der Waals surface area contributed by atoms with Crippen molar-refractivity contribution in [1.29, 1.82) is 0 Å². The number of pyridine rings is 1. The summed E-state index contributed by atoms with van der Waals surface area (Å²) in [4.78, 5) is 31.9. The maximum absolute atomic E-state index is 13.4. The fourth-order valence-corrected chi connectivity index (χ4v) is 4.44. The molecule has 8 nitrogen and oxygen atoms in total. The number of nitrogens with zero attached hydrogens (tertiary/aromatic N) is 4. The van der Waals surface area contributed by atoms with E-state index >= 15 is 0 Å². The average Bonchev–Trinajstić information content (AvgIpc) is 3.18. The highest BCUT2D eigenvalue weighted by molar-refractivity contribution is 6.04. The molecular formula is C27H27N5O3. The van der Waals surface area contributed by atoms with Gasteiger partial charge in [-0.3, -0.25) is 19.3 Å². The van der Waals surface area contributed by atoms with Crippen LogP contribution in [0.15, 0.2) is 73.3 Å². The normalized spacial score (nSPS) is 16.1. The molecule has 0 bridgehead atoms. The molecule has 2 aromatic heterocycles. The number of amides is 2. The second kappa shape index (κ2) is 10.1. The van der Waals surface area contributed by atoms with Crippen LogP contribution in [0.2, 0.25) is 0 Å². The Balaban J connectivity index is 1.27. The highest BCUT2D eigenvalue weighted by Crippen LogP contribution is 2.21. The lowest BCUT2D eigenvalue weighted by Gasteiger charge is -2.24. The maximum atomic E-state index is 13.4. The van der Waals surface area contributed by atoms with E-state index in [1.807, 2.05) is 17.2 Å². The van der Waals surface area contributed by atoms with Gasteiger partial charge in [-0.1, -0.05) is 18.2 Å². The van der Waals surface area contributed by atoms with Gasteiger partial charge in [0.15, 0.2) is 0 Å². The summed E-state index contributed by atoms with van der Waals surface area (Å²) >= 11 is 0. The summed E-state index contributed by atoms with van der Waals surface area (Å²) < 4.78 is 7.41. The van der Waals surface area contributed by atoms with Crippen LogP contribution in [0.5, 0.6) is 0 Å². The van der Waals surface area contributed by atoms with Gasteiger partial charge < -0.3 is 15.0 Å². The summed E-state index contributed by atoms with van der Waals surface area (Å²) in [6.45, 7) is 2.25. The molecule has 5 rings (SSSR count). The number of carbonyl (C=O) groups excluding carboxylic acids is 2. The summed E-state index contributed by atoms with van der Waals surface area (Å²) in [5.74, 6) is -0.152. The zero-order valence-electron chi connectivity index (χ0n) is 19.6. The van der Waals surface area contributed by atoms with Gasteiger partial charge in [-0.15, -0.1) is 0 Å². The molecular weight excluding hydrogens is 442 g/mol. The number of fused-ring (bicyclic) bond motifs is 1. The molecule has 178 valence electrons. The Kier molecular flexibility index (Phi) is 6.54. The fraction of sp³-hybridized carbons (Fsp3) is 0.259. The predicted octanol–water partition coefficient (Wildman–Crippen LogP) is 3.55. The number of benzene rings is 2. The van der Waals surface area contributed by atoms with Gasteiger partial charge in [0.1, 0.15) is 0 Å². The molecule has 1 atom stereocenters. The van der Waals surface area contributed by atoms with E-state index in [1.54, 1.807) is 48.4 Å². The molecule has 1 saturated heterocycles. The van der Waals surface area contributed by atoms with Gasteiger partial charge in [0, 0.05) is 61.3 Å². The summed E-state index contributed by atoms with van der Waals surface area (Å²) in [5, 5.41) is 9.14. The van der Waals surface area contributed by atoms with Crippen molar-refractivity contribution in [2.45, 2.75) is 6.42 Å². The lowest BCUT2D eigenvalue weighted by atomic mass is 9.97. The van der Waals surface area contributed by atoms with Crippen LogP contribution in [0.1, 0.15) is 26.3 Å². The first-order valence-electron chi connectivity index (χ1n) is 11.6. The number of ether oxygens (including phenoxy) is 1. The maximum Gasteiger partial charge on any atom is 0.258 e. The van der Waals surface area contributed by atoms with E-state index in [2.05, 4.69) is 33.6 Å². The topological polar surface area (TPSA) is 89.4 Å². The van der Waals surface area contributed by atoms with Crippen molar-refractivity contribution in [3.8, 4) is 0 Å². The second-order valence-electron chi connectivity index (χ2n) is 8.89. The minimum atomic E-state index is -0.267. The van der Waals surface area contributed by atoms with E-state index in [0.29, 0.717) is 43.1 Å². The lowest BCUT2D eigenvalue weighted by molar-refractivity contribution is 0.0737. The number of aromatic nitrogens is 3. The van der Waals surface area contributed by atoms with Crippen LogP contribution in [-0.2, 0) is 18.2 Å². The number of aryl methyl sites for hydroxylation is 1. The molecule has 2 amide bonds. The number of nitrogens with one attached hydrogen (secondary N) is 1. The van der Waals surface area contributed by atoms with E-state index in [4.69, 9.17) is 4.74 Å². The molecule has 0 saturated carbocycles. The Labute approximate surface area is 203 Å². The van der Waals surface area contributed by atoms with E-state index in [-0.39, 0.29) is 17.7 Å². The van der Waals surface area contributed by atoms with Gasteiger partial charge in [-0.2, -0.15) is 5.10 Å². The van der Waals surface area contributed by atoms with Gasteiger partial charge in [0.05, 0.1) is 25.0 Å². The van der Waals surface area contributed by atoms with Crippen molar-refractivity contribution in [3.05, 3.63) is 90.0 Å². The fourth-order valence-electron chi connectivity index (χ4n) is 4.44. The quantitative estimate of drug-likeness (QED) is 0.483. The molecule has 0 spiro atoms. The lowest BCUT2D eigenvalue weighted by Crippen LogP contribution is -2.36. The number of carbonyl (C=O) groups is 2. The van der Waals surface area contributed by atoms with Crippen LogP contribution < -0.4 is 5.32 Å². The van der Waals surface area contributed by atoms with Crippen LogP contribution >= 0.6 is 0 Å². The summed E-state index contributed by atoms with van der Waals surface area (Å²) in [6.07, 6.45) is 7.64. The van der Waals surface area contributed by atoms with E-state index in [0.717, 1.165) is 17.2 Å². The van der Waals surface area contributed by atoms with Crippen LogP contribution in [0.4, 0.5) is 5.69 Å². The highest BCUT2D eigenvalue weighted by atomic mass is 16.5. The van der Waals surface area contributed by atoms with Crippen molar-refractivity contribution in [1.82, 2.24) is 19.7 Å². The summed E-state index contributed by atoms with van der Waals surface area (Å²) in [7, 11) is 1.76. The molecule has 8 heteroatoms. The molecule has 1 N–H and O–H groups in total. The van der Waals surface area contributed by atoms with Crippen molar-refractivity contribution in [2.75, 3.05) is 31.6 Å². The smallest absolute Gasteiger partial charge is 0.258 e. The Morgan fingerprint density at radius 2 is 2.00 bits per heavy atom. The number of rotatable bonds is 5. The van der Waals surface area contributed by atoms with Crippen molar-refractivity contribution in [3.63, 3.8) is 0 Å². The molecule has 0 unspecified atom stereocenters. The van der Waals surface area contributed by atoms with Gasteiger partial charge in [0.25, 0.3) is 11.8 Å². The SMILES string of the molecule is Cn1cc(C(=O)Nc2cccc(C(=O)N3CCOC[C@@H](Cc4ccc5ccncc5c4)C3)c2)cn1. The minimum absolute atomic E-state index is 0.0688. The van der Waals surface area contributed by atoms with E-state index < -0.39 is 0 Å². The molecule has 1 aliphatic rings. The molecule has 1 aliphatic heterocycles. The first-order chi connectivity index (χ1) is 17.0. The van der Waals surface area contributed by atoms with Crippen molar-refractivity contribution in [2.24, 2.45) is 13.0 Å². The van der Waals surface area contributed by atoms with Crippen molar-refractivity contribution >= 4 is 28.3 Å². The van der Waals surface area contributed by atoms with Gasteiger partial charge in [-0.05, 0) is 47.7 Å². The predicted molar refractivity (Wildman–Crippen MR) is 133 cm³/mol. The Morgan fingerprint density at radius 1 is 1.09 bits per heavy atom. The zero-order valence-corrected chi connectivity index (χ0v) is 19.6. The molecule has 4 aromatic rings. The third-order valence-corrected chi connectivity index (χ3v) is 6.19. The molecule has 1 fully saturated rings. The molecule has 2 aromatic carbocycles. The van der Waals surface area contributed by atoms with E-state index in [1.165, 1.54) is 11.8 Å². The third-order valence-electron chi connectivity index (χ3n) is 6.19. The molecule has 3 heterocycles. The second-order valence-corrected chi connectivity index (χ2v) is 8.89. The number of hydrogen-bond acceptors (Lipinski definition) is 5. The van der Waals surface area contributed by atoms with Gasteiger partial charge in [-0.25, -0.2) is 0 Å². The summed E-state index contributed by atoms with van der Waals surface area (Å²) in [6, 6.07) is 15.4. The first kappa shape index (κ1) is 22.7. The largest absolute Gasteiger partial charge is 0.379 e.